The molecule has 0 atom stereocenters. The molecule has 4 rings (SSSR count). The van der Waals surface area contributed by atoms with Crippen molar-refractivity contribution in [3.63, 3.8) is 0 Å². The molecule has 0 aliphatic heterocycles. The van der Waals surface area contributed by atoms with Crippen LogP contribution in [0.2, 0.25) is 0 Å². The van der Waals surface area contributed by atoms with Crippen molar-refractivity contribution < 1.29 is 17.4 Å². The van der Waals surface area contributed by atoms with E-state index in [2.05, 4.69) is 10.1 Å². The maximum Gasteiger partial charge on any atom is 0.420 e. The molecule has 0 fully saturated rings. The number of hydrogen-bond acceptors (Lipinski definition) is 7. The zero-order chi connectivity index (χ0) is 20.8. The average Bonchev–Trinajstić information content (AvgIpc) is 3.24. The van der Waals surface area contributed by atoms with Crippen molar-refractivity contribution in [2.24, 2.45) is 0 Å². The molecule has 150 valence electrons. The molecule has 4 aromatic rings. The van der Waals surface area contributed by atoms with Gasteiger partial charge in [-0.15, -0.1) is 0 Å². The second-order valence-electron chi connectivity index (χ2n) is 6.62. The lowest BCUT2D eigenvalue weighted by molar-refractivity contribution is 0.385. The molecular formula is C19H18N4O5S. The minimum atomic E-state index is -3.83. The van der Waals surface area contributed by atoms with E-state index in [1.165, 1.54) is 34.1 Å². The molecule has 0 aliphatic rings. The molecule has 0 unspecified atom stereocenters. The van der Waals surface area contributed by atoms with Gasteiger partial charge in [0.25, 0.3) is 10.0 Å². The summed E-state index contributed by atoms with van der Waals surface area (Å²) in [4.78, 5) is 16.3. The van der Waals surface area contributed by atoms with Gasteiger partial charge in [-0.2, -0.15) is 4.98 Å². The normalized spacial score (nSPS) is 11.8. The van der Waals surface area contributed by atoms with E-state index < -0.39 is 15.8 Å². The van der Waals surface area contributed by atoms with Gasteiger partial charge in [-0.05, 0) is 31.2 Å². The van der Waals surface area contributed by atoms with E-state index in [9.17, 15) is 13.2 Å². The van der Waals surface area contributed by atoms with Crippen molar-refractivity contribution in [2.45, 2.75) is 25.3 Å². The van der Waals surface area contributed by atoms with Gasteiger partial charge in [-0.3, -0.25) is 8.87 Å². The predicted molar refractivity (Wildman–Crippen MR) is 105 cm³/mol. The van der Waals surface area contributed by atoms with Crippen molar-refractivity contribution in [3.8, 4) is 0 Å². The SMILES string of the molecule is Cc1ccc(N(C)S(=O)(=O)c2ccc3c(c2)oc(=O)n3Cc2noc(C)n2)cc1. The number of oxazole rings is 1. The molecule has 9 nitrogen and oxygen atoms in total. The molecule has 2 aromatic carbocycles. The van der Waals surface area contributed by atoms with Gasteiger partial charge in [-0.25, -0.2) is 13.2 Å². The molecule has 2 heterocycles. The third-order valence-corrected chi connectivity index (χ3v) is 6.35. The largest absolute Gasteiger partial charge is 0.420 e. The van der Waals surface area contributed by atoms with E-state index in [1.807, 2.05) is 19.1 Å². The number of aryl methyl sites for hydroxylation is 2. The van der Waals surface area contributed by atoms with Crippen LogP contribution in [0.3, 0.4) is 0 Å². The number of anilines is 1. The van der Waals surface area contributed by atoms with Crippen LogP contribution < -0.4 is 10.1 Å². The number of aromatic nitrogens is 3. The lowest BCUT2D eigenvalue weighted by atomic mass is 10.2. The fourth-order valence-corrected chi connectivity index (χ4v) is 4.17. The van der Waals surface area contributed by atoms with Gasteiger partial charge >= 0.3 is 5.76 Å². The highest BCUT2D eigenvalue weighted by molar-refractivity contribution is 7.92. The summed E-state index contributed by atoms with van der Waals surface area (Å²) in [5.74, 6) is 0.0698. The van der Waals surface area contributed by atoms with Crippen molar-refractivity contribution in [2.75, 3.05) is 11.4 Å². The molecule has 0 saturated carbocycles. The van der Waals surface area contributed by atoms with E-state index in [0.29, 0.717) is 22.9 Å². The maximum absolute atomic E-state index is 13.0. The Morgan fingerprint density at radius 3 is 2.48 bits per heavy atom. The Morgan fingerprint density at radius 2 is 1.83 bits per heavy atom. The number of nitrogens with zero attached hydrogens (tertiary/aromatic N) is 4. The van der Waals surface area contributed by atoms with Crippen LogP contribution in [0, 0.1) is 13.8 Å². The van der Waals surface area contributed by atoms with E-state index in [-0.39, 0.29) is 17.0 Å². The van der Waals surface area contributed by atoms with Gasteiger partial charge in [0.1, 0.15) is 0 Å². The minimum absolute atomic E-state index is 0.0179. The van der Waals surface area contributed by atoms with Crippen molar-refractivity contribution in [1.29, 1.82) is 0 Å². The minimum Gasteiger partial charge on any atom is -0.408 e. The summed E-state index contributed by atoms with van der Waals surface area (Å²) in [7, 11) is -2.36. The smallest absolute Gasteiger partial charge is 0.408 e. The van der Waals surface area contributed by atoms with Crippen LogP contribution in [-0.2, 0) is 16.6 Å². The third-order valence-electron chi connectivity index (χ3n) is 4.56. The third kappa shape index (κ3) is 3.42. The molecule has 2 aromatic heterocycles. The molecule has 10 heteroatoms. The summed E-state index contributed by atoms with van der Waals surface area (Å²) in [6, 6.07) is 11.4. The number of rotatable bonds is 5. The van der Waals surface area contributed by atoms with Crippen LogP contribution in [0.1, 0.15) is 17.3 Å². The zero-order valence-corrected chi connectivity index (χ0v) is 16.8. The monoisotopic (exact) mass is 414 g/mol. The van der Waals surface area contributed by atoms with Crippen molar-refractivity contribution in [1.82, 2.24) is 14.7 Å². The van der Waals surface area contributed by atoms with Crippen LogP contribution in [0.4, 0.5) is 5.69 Å². The first-order valence-corrected chi connectivity index (χ1v) is 10.2. The predicted octanol–water partition coefficient (Wildman–Crippen LogP) is 2.47. The highest BCUT2D eigenvalue weighted by atomic mass is 32.2. The summed E-state index contributed by atoms with van der Waals surface area (Å²) in [6.45, 7) is 3.63. The van der Waals surface area contributed by atoms with Crippen molar-refractivity contribution >= 4 is 26.8 Å². The first-order valence-electron chi connectivity index (χ1n) is 8.74. The molecule has 0 amide bonds. The van der Waals surface area contributed by atoms with E-state index in [4.69, 9.17) is 8.94 Å². The molecular weight excluding hydrogens is 396 g/mol. The zero-order valence-electron chi connectivity index (χ0n) is 16.0. The van der Waals surface area contributed by atoms with Gasteiger partial charge in [0.2, 0.25) is 5.89 Å². The molecule has 0 spiro atoms. The van der Waals surface area contributed by atoms with Crippen LogP contribution >= 0.6 is 0 Å². The summed E-state index contributed by atoms with van der Waals surface area (Å²) in [5, 5.41) is 3.77. The summed E-state index contributed by atoms with van der Waals surface area (Å²) in [5.41, 5.74) is 2.16. The Balaban J connectivity index is 1.72. The summed E-state index contributed by atoms with van der Waals surface area (Å²) < 4.78 is 38.7. The molecule has 29 heavy (non-hydrogen) atoms. The van der Waals surface area contributed by atoms with Gasteiger partial charge in [-0.1, -0.05) is 22.9 Å². The lowest BCUT2D eigenvalue weighted by Gasteiger charge is -2.19. The fraction of sp³-hybridized carbons (Fsp3) is 0.211. The fourth-order valence-electron chi connectivity index (χ4n) is 2.96. The average molecular weight is 414 g/mol. The first kappa shape index (κ1) is 18.9. The van der Waals surface area contributed by atoms with Gasteiger partial charge in [0.15, 0.2) is 11.4 Å². The Hall–Kier alpha value is -3.40. The molecule has 0 radical (unpaired) electrons. The van der Waals surface area contributed by atoms with E-state index in [0.717, 1.165) is 5.56 Å². The van der Waals surface area contributed by atoms with E-state index in [1.54, 1.807) is 19.1 Å². The van der Waals surface area contributed by atoms with Gasteiger partial charge in [0.05, 0.1) is 22.6 Å². The first-order chi connectivity index (χ1) is 13.8. The number of fused-ring (bicyclic) bond motifs is 1. The topological polar surface area (TPSA) is 111 Å². The van der Waals surface area contributed by atoms with Crippen LogP contribution in [0.5, 0.6) is 0 Å². The summed E-state index contributed by atoms with van der Waals surface area (Å²) >= 11 is 0. The number of sulfonamides is 1. The Morgan fingerprint density at radius 1 is 1.10 bits per heavy atom. The van der Waals surface area contributed by atoms with Crippen LogP contribution in [-0.4, -0.2) is 30.2 Å². The second-order valence-corrected chi connectivity index (χ2v) is 8.59. The quantitative estimate of drug-likeness (QED) is 0.493. The second kappa shape index (κ2) is 6.89. The van der Waals surface area contributed by atoms with Gasteiger partial charge in [0, 0.05) is 20.0 Å². The maximum atomic E-state index is 13.0. The molecule has 0 N–H and O–H groups in total. The molecule has 0 bridgehead atoms. The standard InChI is InChI=1S/C19H18N4O5S/c1-12-4-6-14(7-5-12)22(3)29(25,26)15-8-9-16-17(10-15)27-19(24)23(16)11-18-20-13(2)28-21-18/h4-10H,11H2,1-3H3. The van der Waals surface area contributed by atoms with Gasteiger partial charge < -0.3 is 8.94 Å². The lowest BCUT2D eigenvalue weighted by Crippen LogP contribution is -2.26. The summed E-state index contributed by atoms with van der Waals surface area (Å²) in [6.07, 6.45) is 0. The highest BCUT2D eigenvalue weighted by Crippen LogP contribution is 2.25. The number of benzene rings is 2. The Labute approximate surface area is 166 Å². The van der Waals surface area contributed by atoms with Crippen LogP contribution in [0.25, 0.3) is 11.1 Å². The Bertz CT molecular complexity index is 1350. The number of hydrogen-bond donors (Lipinski definition) is 0. The van der Waals surface area contributed by atoms with E-state index >= 15 is 0 Å². The van der Waals surface area contributed by atoms with Crippen molar-refractivity contribution in [3.05, 3.63) is 70.3 Å². The highest BCUT2D eigenvalue weighted by Gasteiger charge is 2.23. The Kier molecular flexibility index (Phi) is 4.50. The molecule has 0 aliphatic carbocycles. The molecule has 0 saturated heterocycles. The van der Waals surface area contributed by atoms with Crippen LogP contribution in [0.15, 0.2) is 61.1 Å².